The molecule has 0 radical (unpaired) electrons. The number of ether oxygens (including phenoxy) is 1. The van der Waals surface area contributed by atoms with Gasteiger partial charge in [-0.2, -0.15) is 0 Å². The van der Waals surface area contributed by atoms with Gasteiger partial charge in [0.25, 0.3) is 0 Å². The average Bonchev–Trinajstić information content (AvgIpc) is 2.53. The molecule has 1 saturated carbocycles. The first-order valence-electron chi connectivity index (χ1n) is 5.22. The van der Waals surface area contributed by atoms with Gasteiger partial charge in [0, 0.05) is 10.9 Å². The van der Waals surface area contributed by atoms with Crippen LogP contribution in [0.3, 0.4) is 0 Å². The summed E-state index contributed by atoms with van der Waals surface area (Å²) in [6.07, 6.45) is 4.26. The summed E-state index contributed by atoms with van der Waals surface area (Å²) >= 11 is 1.73. The van der Waals surface area contributed by atoms with Crippen LogP contribution in [0, 0.1) is 0 Å². The third-order valence-electron chi connectivity index (χ3n) is 2.69. The van der Waals surface area contributed by atoms with Gasteiger partial charge in [-0.1, -0.05) is 6.07 Å². The second-order valence-corrected chi connectivity index (χ2v) is 4.96. The maximum absolute atomic E-state index is 5.98. The Hall–Kier alpha value is -0.380. The van der Waals surface area contributed by atoms with Crippen LogP contribution in [0.2, 0.25) is 0 Å². The molecule has 2 N–H and O–H groups in total. The van der Waals surface area contributed by atoms with Crippen LogP contribution < -0.4 is 5.73 Å². The summed E-state index contributed by atoms with van der Waals surface area (Å²) in [5, 5.41) is 2.08. The van der Waals surface area contributed by atoms with E-state index in [9.17, 15) is 0 Å². The maximum Gasteiger partial charge on any atom is 0.107 e. The van der Waals surface area contributed by atoms with E-state index >= 15 is 0 Å². The minimum Gasteiger partial charge on any atom is -0.368 e. The lowest BCUT2D eigenvalue weighted by molar-refractivity contribution is -0.0595. The Bertz CT molecular complexity index is 267. The lowest BCUT2D eigenvalue weighted by atomic mass is 9.95. The first kappa shape index (κ1) is 10.1. The predicted molar refractivity (Wildman–Crippen MR) is 59.4 cm³/mol. The van der Waals surface area contributed by atoms with Crippen molar-refractivity contribution in [3.05, 3.63) is 22.4 Å². The first-order valence-corrected chi connectivity index (χ1v) is 6.10. The molecule has 78 valence electrons. The molecule has 0 amide bonds. The smallest absolute Gasteiger partial charge is 0.107 e. The van der Waals surface area contributed by atoms with Gasteiger partial charge in [-0.25, -0.2) is 0 Å². The molecular formula is C11H17NOS. The Labute approximate surface area is 89.1 Å². The van der Waals surface area contributed by atoms with Gasteiger partial charge in [-0.3, -0.25) is 0 Å². The van der Waals surface area contributed by atoms with Crippen molar-refractivity contribution >= 4 is 11.3 Å². The van der Waals surface area contributed by atoms with E-state index in [1.807, 2.05) is 6.92 Å². The molecule has 14 heavy (non-hydrogen) atoms. The van der Waals surface area contributed by atoms with Crippen LogP contribution in [0.15, 0.2) is 17.5 Å². The van der Waals surface area contributed by atoms with Crippen molar-refractivity contribution in [2.75, 3.05) is 0 Å². The molecule has 0 spiro atoms. The highest BCUT2D eigenvalue weighted by atomic mass is 32.1. The van der Waals surface area contributed by atoms with E-state index in [4.69, 9.17) is 10.5 Å². The van der Waals surface area contributed by atoms with Gasteiger partial charge in [-0.05, 0) is 37.6 Å². The molecule has 1 aromatic heterocycles. The molecule has 3 heteroatoms. The lowest BCUT2D eigenvalue weighted by Crippen LogP contribution is -2.32. The Morgan fingerprint density at radius 2 is 2.36 bits per heavy atom. The Balaban J connectivity index is 2.00. The average molecular weight is 211 g/mol. The third kappa shape index (κ3) is 2.16. The van der Waals surface area contributed by atoms with Crippen molar-refractivity contribution < 1.29 is 4.74 Å². The maximum atomic E-state index is 5.98. The fraction of sp³-hybridized carbons (Fsp3) is 0.636. The molecule has 1 heterocycles. The Kier molecular flexibility index (Phi) is 3.21. The molecule has 2 nitrogen and oxygen atoms in total. The Morgan fingerprint density at radius 1 is 1.57 bits per heavy atom. The fourth-order valence-corrected chi connectivity index (χ4v) is 2.49. The minimum absolute atomic E-state index is 0.0780. The zero-order valence-electron chi connectivity index (χ0n) is 8.48. The fourth-order valence-electron chi connectivity index (χ4n) is 1.62. The minimum atomic E-state index is 0.0780. The van der Waals surface area contributed by atoms with Gasteiger partial charge < -0.3 is 10.5 Å². The van der Waals surface area contributed by atoms with Crippen LogP contribution in [0.5, 0.6) is 0 Å². The largest absolute Gasteiger partial charge is 0.368 e. The molecule has 2 unspecified atom stereocenters. The van der Waals surface area contributed by atoms with Gasteiger partial charge in [0.05, 0.1) is 6.10 Å². The molecule has 0 aromatic carbocycles. The van der Waals surface area contributed by atoms with Gasteiger partial charge in [0.15, 0.2) is 0 Å². The third-order valence-corrected chi connectivity index (χ3v) is 3.63. The normalized spacial score (nSPS) is 21.6. The van der Waals surface area contributed by atoms with E-state index in [0.29, 0.717) is 6.10 Å². The van der Waals surface area contributed by atoms with Crippen LogP contribution in [0.4, 0.5) is 0 Å². The van der Waals surface area contributed by atoms with Crippen molar-refractivity contribution in [1.82, 2.24) is 0 Å². The topological polar surface area (TPSA) is 35.2 Å². The van der Waals surface area contributed by atoms with E-state index in [2.05, 4.69) is 17.5 Å². The zero-order chi connectivity index (χ0) is 9.97. The van der Waals surface area contributed by atoms with Crippen LogP contribution >= 0.6 is 11.3 Å². The molecule has 2 atom stereocenters. The van der Waals surface area contributed by atoms with Crippen LogP contribution in [0.25, 0.3) is 0 Å². The van der Waals surface area contributed by atoms with Gasteiger partial charge in [0.2, 0.25) is 0 Å². The second-order valence-electron chi connectivity index (χ2n) is 3.98. The van der Waals surface area contributed by atoms with Gasteiger partial charge in [0.1, 0.15) is 6.10 Å². The van der Waals surface area contributed by atoms with E-state index in [1.165, 1.54) is 24.1 Å². The highest BCUT2D eigenvalue weighted by Crippen LogP contribution is 2.32. The monoisotopic (exact) mass is 211 g/mol. The molecule has 1 aliphatic carbocycles. The summed E-state index contributed by atoms with van der Waals surface area (Å²) in [5.41, 5.74) is 5.94. The van der Waals surface area contributed by atoms with Crippen LogP contribution in [-0.4, -0.2) is 12.1 Å². The highest BCUT2D eigenvalue weighted by molar-refractivity contribution is 7.10. The summed E-state index contributed by atoms with van der Waals surface area (Å²) in [4.78, 5) is 1.26. The number of thiophene rings is 1. The van der Waals surface area contributed by atoms with Crippen LogP contribution in [-0.2, 0) is 4.74 Å². The number of hydrogen-bond donors (Lipinski definition) is 1. The molecule has 2 rings (SSSR count). The van der Waals surface area contributed by atoms with Gasteiger partial charge in [-0.15, -0.1) is 11.3 Å². The van der Waals surface area contributed by atoms with Gasteiger partial charge >= 0.3 is 0 Å². The Morgan fingerprint density at radius 3 is 2.79 bits per heavy atom. The molecule has 0 aliphatic heterocycles. The molecule has 1 aromatic rings. The van der Waals surface area contributed by atoms with Crippen LogP contribution in [0.1, 0.15) is 37.2 Å². The molecule has 1 fully saturated rings. The van der Waals surface area contributed by atoms with E-state index in [0.717, 1.165) is 0 Å². The summed E-state index contributed by atoms with van der Waals surface area (Å²) in [6.45, 7) is 2.02. The van der Waals surface area contributed by atoms with Crippen molar-refractivity contribution in [2.24, 2.45) is 5.73 Å². The lowest BCUT2D eigenvalue weighted by Gasteiger charge is -2.31. The van der Waals surface area contributed by atoms with Crippen molar-refractivity contribution in [3.63, 3.8) is 0 Å². The first-order chi connectivity index (χ1) is 6.77. The zero-order valence-corrected chi connectivity index (χ0v) is 9.30. The number of nitrogens with two attached hydrogens (primary N) is 1. The van der Waals surface area contributed by atoms with Crippen molar-refractivity contribution in [3.8, 4) is 0 Å². The second kappa shape index (κ2) is 4.43. The van der Waals surface area contributed by atoms with E-state index < -0.39 is 0 Å². The molecule has 1 aliphatic rings. The molecule has 0 saturated heterocycles. The molecular weight excluding hydrogens is 194 g/mol. The molecule has 0 bridgehead atoms. The predicted octanol–water partition coefficient (Wildman–Crippen LogP) is 2.71. The van der Waals surface area contributed by atoms with Crippen molar-refractivity contribution in [2.45, 2.75) is 44.4 Å². The summed E-state index contributed by atoms with van der Waals surface area (Å²) in [7, 11) is 0. The summed E-state index contributed by atoms with van der Waals surface area (Å²) in [5.74, 6) is 0. The van der Waals surface area contributed by atoms with E-state index in [1.54, 1.807) is 11.3 Å². The standard InChI is InChI=1S/C11H17NOS/c1-8(12)11(10-6-3-7-14-10)13-9-4-2-5-9/h3,6-9,11H,2,4-5,12H2,1H3. The quantitative estimate of drug-likeness (QED) is 0.831. The summed E-state index contributed by atoms with van der Waals surface area (Å²) < 4.78 is 5.98. The number of hydrogen-bond acceptors (Lipinski definition) is 3. The van der Waals surface area contributed by atoms with Crippen molar-refractivity contribution in [1.29, 1.82) is 0 Å². The van der Waals surface area contributed by atoms with E-state index in [-0.39, 0.29) is 12.1 Å². The SMILES string of the molecule is CC(N)C(OC1CCC1)c1cccs1. The highest BCUT2D eigenvalue weighted by Gasteiger charge is 2.26. The summed E-state index contributed by atoms with van der Waals surface area (Å²) in [6, 6.07) is 4.24. The number of rotatable bonds is 4.